The molecule has 1 aliphatic rings. The van der Waals surface area contributed by atoms with E-state index in [1.165, 1.54) is 12.0 Å². The Kier molecular flexibility index (Phi) is 4.86. The first kappa shape index (κ1) is 15.5. The minimum Gasteiger partial charge on any atom is -0.309 e. The maximum Gasteiger partial charge on any atom is 0.0534 e. The van der Waals surface area contributed by atoms with Crippen LogP contribution < -0.4 is 5.32 Å². The van der Waals surface area contributed by atoms with Crippen LogP contribution in [0.15, 0.2) is 12.4 Å². The molecule has 1 fully saturated rings. The van der Waals surface area contributed by atoms with E-state index >= 15 is 0 Å². The van der Waals surface area contributed by atoms with E-state index in [1.807, 2.05) is 10.9 Å². The van der Waals surface area contributed by atoms with Crippen LogP contribution in [-0.4, -0.2) is 39.4 Å². The van der Waals surface area contributed by atoms with E-state index < -0.39 is 0 Å². The van der Waals surface area contributed by atoms with Crippen LogP contribution in [0.4, 0.5) is 0 Å². The van der Waals surface area contributed by atoms with Crippen molar-refractivity contribution in [2.75, 3.05) is 13.1 Å². The average Bonchev–Trinajstić information content (AvgIpc) is 2.79. The third-order valence-corrected chi connectivity index (χ3v) is 4.07. The van der Waals surface area contributed by atoms with E-state index in [4.69, 9.17) is 0 Å². The highest BCUT2D eigenvalue weighted by molar-refractivity contribution is 5.06. The van der Waals surface area contributed by atoms with Crippen molar-refractivity contribution in [1.82, 2.24) is 20.0 Å². The topological polar surface area (TPSA) is 33.1 Å². The molecule has 1 unspecified atom stereocenters. The molecule has 4 nitrogen and oxygen atoms in total. The minimum absolute atomic E-state index is 0.203. The Hall–Kier alpha value is -0.870. The predicted molar refractivity (Wildman–Crippen MR) is 83.6 cm³/mol. The molecule has 1 aliphatic heterocycles. The Labute approximate surface area is 123 Å². The van der Waals surface area contributed by atoms with E-state index in [0.29, 0.717) is 6.04 Å². The quantitative estimate of drug-likeness (QED) is 0.898. The Balaban J connectivity index is 2.06. The summed E-state index contributed by atoms with van der Waals surface area (Å²) in [4.78, 5) is 2.63. The second-order valence-electron chi connectivity index (χ2n) is 7.16. The number of aryl methyl sites for hydroxylation is 1. The molecule has 0 bridgehead atoms. The molecule has 1 aromatic rings. The van der Waals surface area contributed by atoms with E-state index in [9.17, 15) is 0 Å². The Morgan fingerprint density at radius 3 is 2.80 bits per heavy atom. The summed E-state index contributed by atoms with van der Waals surface area (Å²) < 4.78 is 2.01. The van der Waals surface area contributed by atoms with Crippen molar-refractivity contribution in [3.63, 3.8) is 0 Å². The second-order valence-corrected chi connectivity index (χ2v) is 7.16. The normalized spacial score (nSPS) is 23.4. The smallest absolute Gasteiger partial charge is 0.0534 e. The van der Waals surface area contributed by atoms with Gasteiger partial charge in [0, 0.05) is 49.5 Å². The van der Waals surface area contributed by atoms with Crippen molar-refractivity contribution in [3.05, 3.63) is 18.0 Å². The van der Waals surface area contributed by atoms with Gasteiger partial charge in [-0.2, -0.15) is 5.10 Å². The number of hydrogen-bond donors (Lipinski definition) is 1. The van der Waals surface area contributed by atoms with Gasteiger partial charge in [0.2, 0.25) is 0 Å². The van der Waals surface area contributed by atoms with Crippen LogP contribution in [0.5, 0.6) is 0 Å². The fourth-order valence-corrected chi connectivity index (χ4v) is 3.07. The maximum absolute atomic E-state index is 4.40. The third-order valence-electron chi connectivity index (χ3n) is 4.07. The molecule has 1 saturated heterocycles. The first-order valence-electron chi connectivity index (χ1n) is 7.90. The van der Waals surface area contributed by atoms with Crippen LogP contribution in [0.3, 0.4) is 0 Å². The van der Waals surface area contributed by atoms with Gasteiger partial charge < -0.3 is 5.32 Å². The van der Waals surface area contributed by atoms with Crippen molar-refractivity contribution in [3.8, 4) is 0 Å². The molecule has 0 saturated carbocycles. The number of hydrogen-bond acceptors (Lipinski definition) is 3. The van der Waals surface area contributed by atoms with Crippen molar-refractivity contribution in [1.29, 1.82) is 0 Å². The summed E-state index contributed by atoms with van der Waals surface area (Å²) in [5.41, 5.74) is 1.53. The van der Waals surface area contributed by atoms with Crippen molar-refractivity contribution in [2.45, 2.75) is 65.7 Å². The van der Waals surface area contributed by atoms with E-state index in [0.717, 1.165) is 32.1 Å². The summed E-state index contributed by atoms with van der Waals surface area (Å²) in [7, 11) is 0. The summed E-state index contributed by atoms with van der Waals surface area (Å²) >= 11 is 0. The van der Waals surface area contributed by atoms with Crippen molar-refractivity contribution >= 4 is 0 Å². The van der Waals surface area contributed by atoms with Gasteiger partial charge in [-0.25, -0.2) is 0 Å². The van der Waals surface area contributed by atoms with Crippen molar-refractivity contribution in [2.24, 2.45) is 5.92 Å². The van der Waals surface area contributed by atoms with Gasteiger partial charge in [-0.1, -0.05) is 13.8 Å². The molecule has 20 heavy (non-hydrogen) atoms. The standard InChI is InChI=1S/C16H30N4/c1-6-20-11-14(8-18-20)10-19-12-16(4,5)17-9-15(19)7-13(2)3/h8,11,13,15,17H,6-7,9-10,12H2,1-5H3. The lowest BCUT2D eigenvalue weighted by molar-refractivity contribution is 0.0760. The third kappa shape index (κ3) is 4.06. The fraction of sp³-hybridized carbons (Fsp3) is 0.812. The largest absolute Gasteiger partial charge is 0.309 e. The van der Waals surface area contributed by atoms with Gasteiger partial charge in [0.15, 0.2) is 0 Å². The lowest BCUT2D eigenvalue weighted by Crippen LogP contribution is -2.61. The molecule has 0 radical (unpaired) electrons. The summed E-state index contributed by atoms with van der Waals surface area (Å²) in [6, 6.07) is 0.632. The number of nitrogens with zero attached hydrogens (tertiary/aromatic N) is 3. The van der Waals surface area contributed by atoms with E-state index in [1.54, 1.807) is 0 Å². The summed E-state index contributed by atoms with van der Waals surface area (Å²) in [6.07, 6.45) is 5.46. The maximum atomic E-state index is 4.40. The van der Waals surface area contributed by atoms with Gasteiger partial charge in [0.25, 0.3) is 0 Å². The summed E-state index contributed by atoms with van der Waals surface area (Å²) in [5, 5.41) is 8.08. The number of piperazine rings is 1. The SMILES string of the molecule is CCn1cc(CN2CC(C)(C)NCC2CC(C)C)cn1. The van der Waals surface area contributed by atoms with Gasteiger partial charge in [0.05, 0.1) is 6.20 Å². The Bertz CT molecular complexity index is 422. The van der Waals surface area contributed by atoms with E-state index in [2.05, 4.69) is 56.1 Å². The molecule has 1 atom stereocenters. The first-order chi connectivity index (χ1) is 9.39. The van der Waals surface area contributed by atoms with Gasteiger partial charge in [-0.3, -0.25) is 9.58 Å². The van der Waals surface area contributed by atoms with Gasteiger partial charge >= 0.3 is 0 Å². The molecule has 2 rings (SSSR count). The number of rotatable bonds is 5. The van der Waals surface area contributed by atoms with Gasteiger partial charge in [0.1, 0.15) is 0 Å². The molecule has 2 heterocycles. The molecular formula is C16H30N4. The molecule has 0 aromatic carbocycles. The van der Waals surface area contributed by atoms with Crippen LogP contribution in [0.25, 0.3) is 0 Å². The lowest BCUT2D eigenvalue weighted by Gasteiger charge is -2.45. The van der Waals surface area contributed by atoms with Crippen LogP contribution >= 0.6 is 0 Å². The van der Waals surface area contributed by atoms with Crippen molar-refractivity contribution < 1.29 is 0 Å². The number of aromatic nitrogens is 2. The zero-order chi connectivity index (χ0) is 14.8. The van der Waals surface area contributed by atoms with Crippen LogP contribution in [0, 0.1) is 5.92 Å². The average molecular weight is 278 g/mol. The molecule has 1 aromatic heterocycles. The molecular weight excluding hydrogens is 248 g/mol. The molecule has 1 N–H and O–H groups in total. The monoisotopic (exact) mass is 278 g/mol. The lowest BCUT2D eigenvalue weighted by atomic mass is 9.93. The molecule has 4 heteroatoms. The minimum atomic E-state index is 0.203. The van der Waals surface area contributed by atoms with Crippen LogP contribution in [0.1, 0.15) is 46.6 Å². The molecule has 0 aliphatic carbocycles. The molecule has 0 amide bonds. The highest BCUT2D eigenvalue weighted by atomic mass is 15.3. The number of nitrogens with one attached hydrogen (secondary N) is 1. The van der Waals surface area contributed by atoms with Gasteiger partial charge in [-0.05, 0) is 33.1 Å². The van der Waals surface area contributed by atoms with Gasteiger partial charge in [-0.15, -0.1) is 0 Å². The molecule has 0 spiro atoms. The van der Waals surface area contributed by atoms with Crippen LogP contribution in [0.2, 0.25) is 0 Å². The highest BCUT2D eigenvalue weighted by Crippen LogP contribution is 2.22. The summed E-state index contributed by atoms with van der Waals surface area (Å²) in [5.74, 6) is 0.740. The molecule has 114 valence electrons. The van der Waals surface area contributed by atoms with E-state index in [-0.39, 0.29) is 5.54 Å². The zero-order valence-corrected chi connectivity index (χ0v) is 13.7. The fourth-order valence-electron chi connectivity index (χ4n) is 3.07. The Morgan fingerprint density at radius 1 is 1.45 bits per heavy atom. The van der Waals surface area contributed by atoms with Crippen LogP contribution in [-0.2, 0) is 13.1 Å². The Morgan fingerprint density at radius 2 is 2.20 bits per heavy atom. The zero-order valence-electron chi connectivity index (χ0n) is 13.7. The summed E-state index contributed by atoms with van der Waals surface area (Å²) in [6.45, 7) is 15.5. The highest BCUT2D eigenvalue weighted by Gasteiger charge is 2.32. The first-order valence-corrected chi connectivity index (χ1v) is 7.90. The predicted octanol–water partition coefficient (Wildman–Crippen LogP) is 2.50. The second kappa shape index (κ2) is 6.27.